The Bertz CT molecular complexity index is 696. The second kappa shape index (κ2) is 5.51. The van der Waals surface area contributed by atoms with Crippen molar-refractivity contribution in [3.8, 4) is 0 Å². The predicted octanol–water partition coefficient (Wildman–Crippen LogP) is 3.06. The smallest absolute Gasteiger partial charge is 0.161 e. The number of allylic oxidation sites excluding steroid dienone is 1. The molecule has 4 aliphatic carbocycles. The molecule has 0 aromatic rings. The van der Waals surface area contributed by atoms with Gasteiger partial charge in [0.1, 0.15) is 5.60 Å². The largest absolute Gasteiger partial charge is 0.393 e. The van der Waals surface area contributed by atoms with Gasteiger partial charge in [0, 0.05) is 11.8 Å². The maximum absolute atomic E-state index is 12.3. The Kier molecular flexibility index (Phi) is 3.89. The van der Waals surface area contributed by atoms with Gasteiger partial charge in [0.05, 0.1) is 6.10 Å². The lowest BCUT2D eigenvalue weighted by molar-refractivity contribution is -0.181. The highest BCUT2D eigenvalue weighted by atomic mass is 16.3. The second-order valence-corrected chi connectivity index (χ2v) is 10.1. The monoisotopic (exact) mass is 360 g/mol. The summed E-state index contributed by atoms with van der Waals surface area (Å²) in [5.74, 6) is 1.03. The van der Waals surface area contributed by atoms with E-state index >= 15 is 0 Å². The molecule has 144 valence electrons. The van der Waals surface area contributed by atoms with Crippen molar-refractivity contribution in [1.29, 1.82) is 0 Å². The Hall–Kier alpha value is -1.00. The molecule has 8 atom stereocenters. The van der Waals surface area contributed by atoms with Gasteiger partial charge < -0.3 is 10.2 Å². The molecular weight excluding hydrogens is 328 g/mol. The minimum absolute atomic E-state index is 0.116. The van der Waals surface area contributed by atoms with Crippen LogP contribution >= 0.6 is 0 Å². The highest BCUT2D eigenvalue weighted by Gasteiger charge is 2.68. The summed E-state index contributed by atoms with van der Waals surface area (Å²) in [5, 5.41) is 22.5. The van der Waals surface area contributed by atoms with E-state index < -0.39 is 17.1 Å². The average molecular weight is 360 g/mol. The summed E-state index contributed by atoms with van der Waals surface area (Å²) in [6.07, 6.45) is 5.44. The number of hydrogen-bond donors (Lipinski definition) is 2. The normalized spacial score (nSPS) is 53.4. The summed E-state index contributed by atoms with van der Waals surface area (Å²) in [5.41, 5.74) is -0.792. The highest BCUT2D eigenvalue weighted by Crippen LogP contribution is 2.68. The molecular formula is C22H32O4. The number of rotatable bonds is 1. The number of aliphatic hydroxyl groups excluding tert-OH is 1. The lowest BCUT2D eigenvalue weighted by atomic mass is 9.44. The second-order valence-electron chi connectivity index (χ2n) is 10.1. The van der Waals surface area contributed by atoms with Crippen molar-refractivity contribution in [2.75, 3.05) is 0 Å². The van der Waals surface area contributed by atoms with Crippen LogP contribution in [0.4, 0.5) is 0 Å². The number of Topliss-reactive ketones (excluding diaryl/α,β-unsaturated/α-hetero) is 1. The molecule has 0 amide bonds. The molecule has 0 aliphatic heterocycles. The van der Waals surface area contributed by atoms with Gasteiger partial charge in [-0.2, -0.15) is 0 Å². The zero-order valence-corrected chi connectivity index (χ0v) is 16.4. The van der Waals surface area contributed by atoms with E-state index in [4.69, 9.17) is 0 Å². The van der Waals surface area contributed by atoms with E-state index in [0.717, 1.165) is 19.3 Å². The quantitative estimate of drug-likeness (QED) is 0.754. The van der Waals surface area contributed by atoms with Crippen LogP contribution in [0.5, 0.6) is 0 Å². The maximum atomic E-state index is 12.3. The zero-order chi connectivity index (χ0) is 19.1. The van der Waals surface area contributed by atoms with Gasteiger partial charge in [0.25, 0.3) is 0 Å². The molecule has 0 saturated heterocycles. The van der Waals surface area contributed by atoms with Crippen LogP contribution in [0.15, 0.2) is 11.6 Å². The zero-order valence-electron chi connectivity index (χ0n) is 16.4. The third-order valence-electron chi connectivity index (χ3n) is 8.95. The molecule has 4 heteroatoms. The molecule has 0 spiro atoms. The lowest BCUT2D eigenvalue weighted by Crippen LogP contribution is -2.62. The molecule has 0 bridgehead atoms. The van der Waals surface area contributed by atoms with Gasteiger partial charge >= 0.3 is 0 Å². The van der Waals surface area contributed by atoms with Crippen LogP contribution in [-0.4, -0.2) is 33.5 Å². The Labute approximate surface area is 156 Å². The summed E-state index contributed by atoms with van der Waals surface area (Å²) in [7, 11) is 0. The minimum atomic E-state index is -1.31. The van der Waals surface area contributed by atoms with Crippen LogP contribution in [0.25, 0.3) is 0 Å². The van der Waals surface area contributed by atoms with Crippen LogP contribution in [0.2, 0.25) is 0 Å². The van der Waals surface area contributed by atoms with Crippen molar-refractivity contribution in [2.24, 2.45) is 34.5 Å². The number of carbonyl (C=O) groups is 2. The Morgan fingerprint density at radius 2 is 1.96 bits per heavy atom. The Balaban J connectivity index is 1.79. The number of hydrogen-bond acceptors (Lipinski definition) is 4. The standard InChI is InChI=1S/C22H32O4/c1-12-9-15-16-6-8-22(26,13(2)23)21(16,4)11-18(25)19(15)20(3)7-5-14(24)10-17(12)20/h10,12,15-16,18-19,25-26H,5-9,11H2,1-4H3/t12-,15+,16+,18+,19-,20+,21+,22-/m1/s1. The van der Waals surface area contributed by atoms with Gasteiger partial charge in [-0.1, -0.05) is 26.3 Å². The van der Waals surface area contributed by atoms with Gasteiger partial charge in [-0.15, -0.1) is 0 Å². The molecule has 4 rings (SSSR count). The van der Waals surface area contributed by atoms with E-state index in [9.17, 15) is 19.8 Å². The molecule has 4 aliphatic rings. The van der Waals surface area contributed by atoms with Crippen molar-refractivity contribution in [3.05, 3.63) is 11.6 Å². The van der Waals surface area contributed by atoms with Gasteiger partial charge in [-0.25, -0.2) is 0 Å². The summed E-state index contributed by atoms with van der Waals surface area (Å²) < 4.78 is 0. The third kappa shape index (κ3) is 2.09. The molecule has 4 nitrogen and oxygen atoms in total. The molecule has 3 saturated carbocycles. The van der Waals surface area contributed by atoms with Crippen LogP contribution in [0.3, 0.4) is 0 Å². The first kappa shape index (κ1) is 18.4. The minimum Gasteiger partial charge on any atom is -0.393 e. The molecule has 0 aromatic heterocycles. The van der Waals surface area contributed by atoms with Crippen molar-refractivity contribution >= 4 is 11.6 Å². The molecule has 2 N–H and O–H groups in total. The van der Waals surface area contributed by atoms with Crippen LogP contribution in [0.1, 0.15) is 66.2 Å². The van der Waals surface area contributed by atoms with Gasteiger partial charge in [0.2, 0.25) is 0 Å². The Morgan fingerprint density at radius 1 is 1.27 bits per heavy atom. The molecule has 0 heterocycles. The molecule has 0 aromatic carbocycles. The fourth-order valence-electron chi connectivity index (χ4n) is 7.70. The Morgan fingerprint density at radius 3 is 2.62 bits per heavy atom. The van der Waals surface area contributed by atoms with Gasteiger partial charge in [-0.05, 0) is 74.2 Å². The lowest BCUT2D eigenvalue weighted by Gasteiger charge is -2.61. The van der Waals surface area contributed by atoms with E-state index in [1.54, 1.807) is 0 Å². The first-order valence-corrected chi connectivity index (χ1v) is 10.2. The molecule has 26 heavy (non-hydrogen) atoms. The first-order valence-electron chi connectivity index (χ1n) is 10.2. The topological polar surface area (TPSA) is 74.6 Å². The summed E-state index contributed by atoms with van der Waals surface area (Å²) in [6, 6.07) is 0. The van der Waals surface area contributed by atoms with Gasteiger partial charge in [0.15, 0.2) is 11.6 Å². The number of ketones is 2. The summed E-state index contributed by atoms with van der Waals surface area (Å²) in [4.78, 5) is 24.3. The van der Waals surface area contributed by atoms with E-state index in [-0.39, 0.29) is 28.8 Å². The highest BCUT2D eigenvalue weighted by molar-refractivity contribution is 5.91. The van der Waals surface area contributed by atoms with E-state index in [1.807, 2.05) is 13.0 Å². The first-order chi connectivity index (χ1) is 12.0. The van der Waals surface area contributed by atoms with E-state index in [1.165, 1.54) is 12.5 Å². The molecule has 0 unspecified atom stereocenters. The maximum Gasteiger partial charge on any atom is 0.161 e. The average Bonchev–Trinajstić information content (AvgIpc) is 2.81. The third-order valence-corrected chi connectivity index (χ3v) is 8.95. The molecule has 3 fully saturated rings. The predicted molar refractivity (Wildman–Crippen MR) is 98.3 cm³/mol. The SMILES string of the molecule is CC(=O)[C@]1(O)CC[C@H]2[C@@H]3C[C@@H](C)C4=CC(=O)CC[C@]4(C)[C@H]3[C@@H](O)C[C@@]21C. The van der Waals surface area contributed by atoms with Gasteiger partial charge in [-0.3, -0.25) is 9.59 Å². The van der Waals surface area contributed by atoms with Crippen LogP contribution < -0.4 is 0 Å². The number of aliphatic hydroxyl groups is 2. The summed E-state index contributed by atoms with van der Waals surface area (Å²) in [6.45, 7) is 7.94. The van der Waals surface area contributed by atoms with Crippen molar-refractivity contribution < 1.29 is 19.8 Å². The van der Waals surface area contributed by atoms with E-state index in [0.29, 0.717) is 31.1 Å². The van der Waals surface area contributed by atoms with Crippen LogP contribution in [0, 0.1) is 34.5 Å². The fourth-order valence-corrected chi connectivity index (χ4v) is 7.70. The van der Waals surface area contributed by atoms with Crippen molar-refractivity contribution in [3.63, 3.8) is 0 Å². The van der Waals surface area contributed by atoms with E-state index in [2.05, 4.69) is 13.8 Å². The summed E-state index contributed by atoms with van der Waals surface area (Å²) >= 11 is 0. The number of fused-ring (bicyclic) bond motifs is 5. The fraction of sp³-hybridized carbons (Fsp3) is 0.818. The van der Waals surface area contributed by atoms with Crippen molar-refractivity contribution in [2.45, 2.75) is 77.9 Å². The number of carbonyl (C=O) groups excluding carboxylic acids is 2. The van der Waals surface area contributed by atoms with Crippen LogP contribution in [-0.2, 0) is 9.59 Å². The molecule has 0 radical (unpaired) electrons. The van der Waals surface area contributed by atoms with Crippen molar-refractivity contribution in [1.82, 2.24) is 0 Å².